The van der Waals surface area contributed by atoms with Crippen LogP contribution in [0.3, 0.4) is 0 Å². The number of hydrogen-bond acceptors (Lipinski definition) is 2. The Kier molecular flexibility index (Phi) is 3.71. The van der Waals surface area contributed by atoms with E-state index in [-0.39, 0.29) is 6.04 Å². The minimum Gasteiger partial charge on any atom is -0.508 e. The highest BCUT2D eigenvalue weighted by molar-refractivity contribution is 5.86. The normalized spacial score (nSPS) is 12.7. The van der Waals surface area contributed by atoms with Crippen molar-refractivity contribution in [3.63, 3.8) is 0 Å². The Balaban J connectivity index is 1.55. The number of fused-ring (bicyclic) bond motifs is 2. The molecule has 0 aliphatic rings. The van der Waals surface area contributed by atoms with Gasteiger partial charge in [0.25, 0.3) is 0 Å². The van der Waals surface area contributed by atoms with Crippen molar-refractivity contribution in [2.75, 3.05) is 0 Å². The number of phenols is 1. The standard InChI is InChI=1S/C21H20N2O/c1-14(19-8-4-6-15-5-2-3-7-20(15)19)22-13-17-11-16-12-18(24)9-10-21(16)23-17/h2-12,14,22-24H,13H2,1H3/t14-/m1/s1. The number of aromatic amines is 1. The first-order valence-electron chi connectivity index (χ1n) is 8.22. The number of aromatic nitrogens is 1. The number of hydrogen-bond donors (Lipinski definition) is 3. The molecular weight excluding hydrogens is 296 g/mol. The Bertz CT molecular complexity index is 998. The van der Waals surface area contributed by atoms with E-state index >= 15 is 0 Å². The number of nitrogens with one attached hydrogen (secondary N) is 2. The summed E-state index contributed by atoms with van der Waals surface area (Å²) in [7, 11) is 0. The van der Waals surface area contributed by atoms with Crippen LogP contribution in [-0.2, 0) is 6.54 Å². The van der Waals surface area contributed by atoms with E-state index in [1.807, 2.05) is 6.07 Å². The summed E-state index contributed by atoms with van der Waals surface area (Å²) in [5.41, 5.74) is 3.46. The van der Waals surface area contributed by atoms with E-state index in [0.29, 0.717) is 5.75 Å². The lowest BCUT2D eigenvalue weighted by atomic mass is 10.00. The first-order valence-corrected chi connectivity index (χ1v) is 8.22. The second kappa shape index (κ2) is 6.02. The Morgan fingerprint density at radius 2 is 1.79 bits per heavy atom. The molecule has 0 saturated carbocycles. The van der Waals surface area contributed by atoms with Crippen molar-refractivity contribution >= 4 is 21.7 Å². The SMILES string of the molecule is C[C@@H](NCc1cc2cc(O)ccc2[nH]1)c1cccc2ccccc12. The fourth-order valence-corrected chi connectivity index (χ4v) is 3.28. The summed E-state index contributed by atoms with van der Waals surface area (Å²) in [5.74, 6) is 0.296. The van der Waals surface area contributed by atoms with E-state index < -0.39 is 0 Å². The van der Waals surface area contributed by atoms with Gasteiger partial charge in [-0.25, -0.2) is 0 Å². The van der Waals surface area contributed by atoms with Crippen molar-refractivity contribution in [2.45, 2.75) is 19.5 Å². The summed E-state index contributed by atoms with van der Waals surface area (Å²) in [6.45, 7) is 2.94. The van der Waals surface area contributed by atoms with E-state index in [4.69, 9.17) is 0 Å². The van der Waals surface area contributed by atoms with Crippen LogP contribution in [0.1, 0.15) is 24.2 Å². The van der Waals surface area contributed by atoms with Crippen LogP contribution in [-0.4, -0.2) is 10.1 Å². The summed E-state index contributed by atoms with van der Waals surface area (Å²) in [6.07, 6.45) is 0. The van der Waals surface area contributed by atoms with Crippen LogP contribution in [0.4, 0.5) is 0 Å². The van der Waals surface area contributed by atoms with Crippen molar-refractivity contribution in [3.8, 4) is 5.75 Å². The van der Waals surface area contributed by atoms with Gasteiger partial charge in [-0.1, -0.05) is 42.5 Å². The van der Waals surface area contributed by atoms with Crippen LogP contribution >= 0.6 is 0 Å². The average molecular weight is 316 g/mol. The summed E-state index contributed by atoms with van der Waals surface area (Å²) < 4.78 is 0. The molecule has 0 aliphatic carbocycles. The van der Waals surface area contributed by atoms with Crippen LogP contribution < -0.4 is 5.32 Å². The van der Waals surface area contributed by atoms with Gasteiger partial charge in [0.2, 0.25) is 0 Å². The molecule has 4 aromatic rings. The Morgan fingerprint density at radius 3 is 2.71 bits per heavy atom. The van der Waals surface area contributed by atoms with Crippen LogP contribution in [0, 0.1) is 0 Å². The van der Waals surface area contributed by atoms with Gasteiger partial charge in [0.15, 0.2) is 0 Å². The maximum Gasteiger partial charge on any atom is 0.116 e. The van der Waals surface area contributed by atoms with Crippen molar-refractivity contribution in [1.82, 2.24) is 10.3 Å². The molecule has 3 aromatic carbocycles. The fourth-order valence-electron chi connectivity index (χ4n) is 3.28. The zero-order chi connectivity index (χ0) is 16.5. The number of benzene rings is 3. The number of H-pyrrole nitrogens is 1. The van der Waals surface area contributed by atoms with E-state index in [1.165, 1.54) is 16.3 Å². The van der Waals surface area contributed by atoms with Gasteiger partial charge >= 0.3 is 0 Å². The molecule has 0 bridgehead atoms. The molecule has 1 atom stereocenters. The van der Waals surface area contributed by atoms with Crippen molar-refractivity contribution in [2.24, 2.45) is 0 Å². The minimum absolute atomic E-state index is 0.246. The molecule has 3 heteroatoms. The predicted octanol–water partition coefficient (Wildman–Crippen LogP) is 4.88. The molecular formula is C21H20N2O. The number of phenolic OH excluding ortho intramolecular Hbond substituents is 1. The monoisotopic (exact) mass is 316 g/mol. The van der Waals surface area contributed by atoms with Gasteiger partial charge in [-0.05, 0) is 47.5 Å². The van der Waals surface area contributed by atoms with Crippen LogP contribution in [0.15, 0.2) is 66.7 Å². The molecule has 0 amide bonds. The molecule has 0 saturated heterocycles. The number of aromatic hydroxyl groups is 1. The van der Waals surface area contributed by atoms with E-state index in [1.54, 1.807) is 12.1 Å². The van der Waals surface area contributed by atoms with Gasteiger partial charge in [-0.15, -0.1) is 0 Å². The number of rotatable bonds is 4. The van der Waals surface area contributed by atoms with Gasteiger partial charge < -0.3 is 15.4 Å². The second-order valence-corrected chi connectivity index (χ2v) is 6.24. The maximum absolute atomic E-state index is 9.58. The largest absolute Gasteiger partial charge is 0.508 e. The highest BCUT2D eigenvalue weighted by Gasteiger charge is 2.09. The lowest BCUT2D eigenvalue weighted by molar-refractivity contribution is 0.476. The van der Waals surface area contributed by atoms with E-state index in [2.05, 4.69) is 65.8 Å². The quantitative estimate of drug-likeness (QED) is 0.502. The average Bonchev–Trinajstić information content (AvgIpc) is 3.01. The summed E-state index contributed by atoms with van der Waals surface area (Å²) in [6, 6.07) is 22.6. The fraction of sp³-hybridized carbons (Fsp3) is 0.143. The molecule has 24 heavy (non-hydrogen) atoms. The van der Waals surface area contributed by atoms with Gasteiger partial charge in [-0.3, -0.25) is 0 Å². The molecule has 1 heterocycles. The van der Waals surface area contributed by atoms with Crippen molar-refractivity contribution < 1.29 is 5.11 Å². The molecule has 3 nitrogen and oxygen atoms in total. The van der Waals surface area contributed by atoms with Crippen molar-refractivity contribution in [3.05, 3.63) is 78.0 Å². The third kappa shape index (κ3) is 2.74. The van der Waals surface area contributed by atoms with Crippen LogP contribution in [0.5, 0.6) is 5.75 Å². The third-order valence-corrected chi connectivity index (χ3v) is 4.55. The molecule has 0 radical (unpaired) electrons. The molecule has 3 N–H and O–H groups in total. The van der Waals surface area contributed by atoms with Crippen LogP contribution in [0.2, 0.25) is 0 Å². The maximum atomic E-state index is 9.58. The minimum atomic E-state index is 0.246. The zero-order valence-corrected chi connectivity index (χ0v) is 13.6. The lowest BCUT2D eigenvalue weighted by Crippen LogP contribution is -2.18. The Hall–Kier alpha value is -2.78. The lowest BCUT2D eigenvalue weighted by Gasteiger charge is -2.16. The zero-order valence-electron chi connectivity index (χ0n) is 13.6. The Morgan fingerprint density at radius 1 is 0.958 bits per heavy atom. The second-order valence-electron chi connectivity index (χ2n) is 6.24. The first-order chi connectivity index (χ1) is 11.7. The summed E-state index contributed by atoms with van der Waals surface area (Å²) in [4.78, 5) is 3.39. The molecule has 0 unspecified atom stereocenters. The first kappa shape index (κ1) is 14.8. The molecule has 0 fully saturated rings. The van der Waals surface area contributed by atoms with E-state index in [0.717, 1.165) is 23.1 Å². The predicted molar refractivity (Wildman–Crippen MR) is 99.2 cm³/mol. The van der Waals surface area contributed by atoms with Crippen molar-refractivity contribution in [1.29, 1.82) is 0 Å². The topological polar surface area (TPSA) is 48.0 Å². The van der Waals surface area contributed by atoms with Gasteiger partial charge in [0.1, 0.15) is 5.75 Å². The van der Waals surface area contributed by atoms with Gasteiger partial charge in [0.05, 0.1) is 0 Å². The molecule has 120 valence electrons. The smallest absolute Gasteiger partial charge is 0.116 e. The molecule has 1 aromatic heterocycles. The summed E-state index contributed by atoms with van der Waals surface area (Å²) >= 11 is 0. The summed E-state index contributed by atoms with van der Waals surface area (Å²) in [5, 5.41) is 16.8. The Labute approximate surface area is 140 Å². The van der Waals surface area contributed by atoms with Gasteiger partial charge in [0, 0.05) is 29.2 Å². The highest BCUT2D eigenvalue weighted by atomic mass is 16.3. The van der Waals surface area contributed by atoms with E-state index in [9.17, 15) is 5.11 Å². The molecule has 0 aliphatic heterocycles. The third-order valence-electron chi connectivity index (χ3n) is 4.55. The van der Waals surface area contributed by atoms with Crippen LogP contribution in [0.25, 0.3) is 21.7 Å². The van der Waals surface area contributed by atoms with Gasteiger partial charge in [-0.2, -0.15) is 0 Å². The molecule has 0 spiro atoms. The molecule has 4 rings (SSSR count). The highest BCUT2D eigenvalue weighted by Crippen LogP contribution is 2.25.